The van der Waals surface area contributed by atoms with E-state index >= 15 is 0 Å². The molecule has 2 saturated heterocycles. The lowest BCUT2D eigenvalue weighted by molar-refractivity contribution is -0.0874. The van der Waals surface area contributed by atoms with E-state index in [1.165, 1.54) is 30.2 Å². The van der Waals surface area contributed by atoms with Crippen molar-refractivity contribution in [2.24, 2.45) is 7.05 Å². The van der Waals surface area contributed by atoms with Crippen LogP contribution < -0.4 is 0 Å². The molecule has 2 fully saturated rings. The van der Waals surface area contributed by atoms with Crippen LogP contribution in [0.2, 0.25) is 0 Å². The van der Waals surface area contributed by atoms with Crippen LogP contribution in [0.3, 0.4) is 0 Å². The van der Waals surface area contributed by atoms with E-state index in [-0.39, 0.29) is 0 Å². The van der Waals surface area contributed by atoms with Crippen LogP contribution in [0.15, 0.2) is 30.5 Å². The fourth-order valence-electron chi connectivity index (χ4n) is 4.46. The van der Waals surface area contributed by atoms with Crippen LogP contribution in [0.5, 0.6) is 0 Å². The van der Waals surface area contributed by atoms with Crippen molar-refractivity contribution >= 4 is 10.9 Å². The second-order valence-corrected chi connectivity index (χ2v) is 7.04. The van der Waals surface area contributed by atoms with E-state index in [9.17, 15) is 5.11 Å². The number of piperidine rings is 2. The van der Waals surface area contributed by atoms with E-state index in [1.807, 2.05) is 0 Å². The molecule has 0 radical (unpaired) electrons. The predicted octanol–water partition coefficient (Wildman–Crippen LogP) is 3.01. The zero-order chi connectivity index (χ0) is 14.6. The van der Waals surface area contributed by atoms with Gasteiger partial charge in [-0.25, -0.2) is 0 Å². The number of fused-ring (bicyclic) bond motifs is 3. The summed E-state index contributed by atoms with van der Waals surface area (Å²) in [6, 6.07) is 9.68. The number of aryl methyl sites for hydroxylation is 1. The van der Waals surface area contributed by atoms with Gasteiger partial charge in [0.15, 0.2) is 0 Å². The highest BCUT2D eigenvalue weighted by Crippen LogP contribution is 2.44. The van der Waals surface area contributed by atoms with Crippen LogP contribution in [0.4, 0.5) is 0 Å². The molecule has 0 amide bonds. The Bertz CT molecular complexity index is 661. The number of hydrogen-bond donors (Lipinski definition) is 1. The van der Waals surface area contributed by atoms with E-state index in [0.717, 1.165) is 18.4 Å². The average Bonchev–Trinajstić information content (AvgIpc) is 2.82. The minimum atomic E-state index is -0.647. The molecular weight excluding hydrogens is 260 g/mol. The van der Waals surface area contributed by atoms with Gasteiger partial charge in [-0.1, -0.05) is 12.5 Å². The van der Waals surface area contributed by atoms with Gasteiger partial charge in [-0.2, -0.15) is 0 Å². The second-order valence-electron chi connectivity index (χ2n) is 7.04. The SMILES string of the molecule is CN1C2CCCC1CC(O)(c1ccc3c(ccn3C)c1)C2. The summed E-state index contributed by atoms with van der Waals surface area (Å²) >= 11 is 0. The third kappa shape index (κ3) is 2.02. The highest BCUT2D eigenvalue weighted by atomic mass is 16.3. The molecular formula is C18H24N2O. The summed E-state index contributed by atoms with van der Waals surface area (Å²) in [7, 11) is 4.30. The van der Waals surface area contributed by atoms with Gasteiger partial charge in [0.05, 0.1) is 5.60 Å². The Kier molecular flexibility index (Phi) is 2.92. The minimum absolute atomic E-state index is 0.536. The Morgan fingerprint density at radius 1 is 1.10 bits per heavy atom. The summed E-state index contributed by atoms with van der Waals surface area (Å²) in [5, 5.41) is 12.5. The predicted molar refractivity (Wildman–Crippen MR) is 85.2 cm³/mol. The number of aromatic nitrogens is 1. The average molecular weight is 284 g/mol. The number of rotatable bonds is 1. The first-order chi connectivity index (χ1) is 10.1. The number of nitrogens with zero attached hydrogens (tertiary/aromatic N) is 2. The van der Waals surface area contributed by atoms with Crippen LogP contribution in [0, 0.1) is 0 Å². The molecule has 2 aliphatic heterocycles. The zero-order valence-corrected chi connectivity index (χ0v) is 12.9. The maximum absolute atomic E-state index is 11.3. The molecule has 2 bridgehead atoms. The van der Waals surface area contributed by atoms with Crippen LogP contribution in [0.25, 0.3) is 10.9 Å². The minimum Gasteiger partial charge on any atom is -0.385 e. The van der Waals surface area contributed by atoms with Crippen molar-refractivity contribution in [2.45, 2.75) is 49.8 Å². The van der Waals surface area contributed by atoms with Crippen molar-refractivity contribution in [3.63, 3.8) is 0 Å². The molecule has 1 aromatic carbocycles. The zero-order valence-electron chi connectivity index (χ0n) is 12.9. The van der Waals surface area contributed by atoms with Gasteiger partial charge in [-0.3, -0.25) is 0 Å². The molecule has 2 unspecified atom stereocenters. The third-order valence-electron chi connectivity index (χ3n) is 5.80. The standard InChI is InChI=1S/C18H24N2O/c1-19-9-8-13-10-14(6-7-17(13)19)18(21)11-15-4-3-5-16(12-18)20(15)2/h6-10,15-16,21H,3-5,11-12H2,1-2H3. The summed E-state index contributed by atoms with van der Waals surface area (Å²) in [5.41, 5.74) is 1.69. The normalized spacial score (nSPS) is 33.5. The van der Waals surface area contributed by atoms with Gasteiger partial charge >= 0.3 is 0 Å². The third-order valence-corrected chi connectivity index (χ3v) is 5.80. The van der Waals surface area contributed by atoms with Crippen molar-refractivity contribution in [3.8, 4) is 0 Å². The van der Waals surface area contributed by atoms with Crippen LogP contribution in [-0.2, 0) is 12.6 Å². The van der Waals surface area contributed by atoms with Crippen molar-refractivity contribution in [1.29, 1.82) is 0 Å². The lowest BCUT2D eigenvalue weighted by Crippen LogP contribution is -2.55. The molecule has 0 saturated carbocycles. The Balaban J connectivity index is 1.73. The first-order valence-corrected chi connectivity index (χ1v) is 8.07. The first kappa shape index (κ1) is 13.4. The maximum atomic E-state index is 11.3. The topological polar surface area (TPSA) is 28.4 Å². The van der Waals surface area contributed by atoms with Crippen molar-refractivity contribution in [3.05, 3.63) is 36.0 Å². The molecule has 1 N–H and O–H groups in total. The molecule has 1 aromatic heterocycles. The summed E-state index contributed by atoms with van der Waals surface area (Å²) in [6.07, 6.45) is 7.60. The summed E-state index contributed by atoms with van der Waals surface area (Å²) < 4.78 is 2.13. The Morgan fingerprint density at radius 3 is 2.52 bits per heavy atom. The summed E-state index contributed by atoms with van der Waals surface area (Å²) in [5.74, 6) is 0. The summed E-state index contributed by atoms with van der Waals surface area (Å²) in [4.78, 5) is 2.50. The molecule has 112 valence electrons. The molecule has 2 aliphatic rings. The van der Waals surface area contributed by atoms with E-state index in [4.69, 9.17) is 0 Å². The Hall–Kier alpha value is -1.32. The van der Waals surface area contributed by atoms with Crippen LogP contribution >= 0.6 is 0 Å². The van der Waals surface area contributed by atoms with E-state index in [1.54, 1.807) is 0 Å². The first-order valence-electron chi connectivity index (χ1n) is 8.07. The molecule has 3 nitrogen and oxygen atoms in total. The van der Waals surface area contributed by atoms with Gasteiger partial charge in [0.25, 0.3) is 0 Å². The van der Waals surface area contributed by atoms with E-state index in [2.05, 4.69) is 54.0 Å². The van der Waals surface area contributed by atoms with Crippen LogP contribution in [0.1, 0.15) is 37.7 Å². The summed E-state index contributed by atoms with van der Waals surface area (Å²) in [6.45, 7) is 0. The molecule has 3 heteroatoms. The highest BCUT2D eigenvalue weighted by molar-refractivity contribution is 5.81. The quantitative estimate of drug-likeness (QED) is 0.872. The fourth-order valence-corrected chi connectivity index (χ4v) is 4.46. The monoisotopic (exact) mass is 284 g/mol. The van der Waals surface area contributed by atoms with Gasteiger partial charge in [0.2, 0.25) is 0 Å². The lowest BCUT2D eigenvalue weighted by atomic mass is 9.72. The Labute approximate surface area is 126 Å². The Morgan fingerprint density at radius 2 is 1.81 bits per heavy atom. The highest BCUT2D eigenvalue weighted by Gasteiger charge is 2.44. The van der Waals surface area contributed by atoms with Gasteiger partial charge in [0, 0.05) is 30.8 Å². The fraction of sp³-hybridized carbons (Fsp3) is 0.556. The molecule has 21 heavy (non-hydrogen) atoms. The number of hydrogen-bond acceptors (Lipinski definition) is 2. The molecule has 2 atom stereocenters. The van der Waals surface area contributed by atoms with Crippen molar-refractivity contribution < 1.29 is 5.11 Å². The maximum Gasteiger partial charge on any atom is 0.0926 e. The smallest absolute Gasteiger partial charge is 0.0926 e. The van der Waals surface area contributed by atoms with Gasteiger partial charge in [-0.15, -0.1) is 0 Å². The molecule has 3 heterocycles. The molecule has 4 rings (SSSR count). The van der Waals surface area contributed by atoms with Gasteiger partial charge in [0.1, 0.15) is 0 Å². The van der Waals surface area contributed by atoms with Crippen molar-refractivity contribution in [2.75, 3.05) is 7.05 Å². The molecule has 2 aromatic rings. The van der Waals surface area contributed by atoms with Crippen molar-refractivity contribution in [1.82, 2.24) is 9.47 Å². The number of benzene rings is 1. The number of aliphatic hydroxyl groups is 1. The van der Waals surface area contributed by atoms with E-state index < -0.39 is 5.60 Å². The van der Waals surface area contributed by atoms with Gasteiger partial charge < -0.3 is 14.6 Å². The van der Waals surface area contributed by atoms with Gasteiger partial charge in [-0.05, 0) is 61.9 Å². The largest absolute Gasteiger partial charge is 0.385 e. The molecule has 0 aliphatic carbocycles. The van der Waals surface area contributed by atoms with E-state index in [0.29, 0.717) is 12.1 Å². The molecule has 0 spiro atoms. The lowest BCUT2D eigenvalue weighted by Gasteiger charge is -2.50. The van der Waals surface area contributed by atoms with Crippen LogP contribution in [-0.4, -0.2) is 33.7 Å². The second kappa shape index (κ2) is 4.59.